The van der Waals surface area contributed by atoms with Gasteiger partial charge in [0.05, 0.1) is 16.6 Å². The first-order valence-electron chi connectivity index (χ1n) is 14.5. The van der Waals surface area contributed by atoms with Crippen LogP contribution in [0, 0.1) is 19.8 Å². The molecule has 3 aromatic heterocycles. The molecule has 0 saturated carbocycles. The van der Waals surface area contributed by atoms with Crippen molar-refractivity contribution in [3.63, 3.8) is 0 Å². The number of hydrogen-bond acceptors (Lipinski definition) is 1. The smallest absolute Gasteiger partial charge is 0.0571 e. The molecule has 1 unspecified atom stereocenters. The van der Waals surface area contributed by atoms with Crippen molar-refractivity contribution < 1.29 is 0 Å². The molecule has 0 spiro atoms. The molecule has 3 heteroatoms. The Morgan fingerprint density at radius 2 is 1.27 bits per heavy atom. The van der Waals surface area contributed by atoms with Gasteiger partial charge in [0, 0.05) is 50.5 Å². The van der Waals surface area contributed by atoms with E-state index in [0.717, 1.165) is 6.42 Å². The van der Waals surface area contributed by atoms with Gasteiger partial charge in [0.2, 0.25) is 0 Å². The van der Waals surface area contributed by atoms with E-state index in [1.165, 1.54) is 76.9 Å². The summed E-state index contributed by atoms with van der Waals surface area (Å²) in [4.78, 5) is 4.40. The van der Waals surface area contributed by atoms with Gasteiger partial charge in [-0.25, -0.2) is 0 Å². The monoisotopic (exact) mass is 529 g/mol. The fourth-order valence-electron chi connectivity index (χ4n) is 6.86. The van der Waals surface area contributed by atoms with E-state index in [0.29, 0.717) is 5.92 Å². The topological polar surface area (TPSA) is 22.8 Å². The van der Waals surface area contributed by atoms with Gasteiger partial charge in [-0.3, -0.25) is 4.98 Å². The molecule has 1 aliphatic carbocycles. The molecule has 1 aliphatic rings. The molecule has 0 bridgehead atoms. The van der Waals surface area contributed by atoms with Crippen LogP contribution in [0.15, 0.2) is 103 Å². The molecular weight excluding hydrogens is 498 g/mol. The van der Waals surface area contributed by atoms with Gasteiger partial charge in [0.15, 0.2) is 0 Å². The maximum Gasteiger partial charge on any atom is 0.0571 e. The van der Waals surface area contributed by atoms with Crippen molar-refractivity contribution in [2.75, 3.05) is 0 Å². The van der Waals surface area contributed by atoms with Gasteiger partial charge < -0.3 is 9.13 Å². The van der Waals surface area contributed by atoms with Crippen LogP contribution in [0.2, 0.25) is 0 Å². The highest BCUT2D eigenvalue weighted by Crippen LogP contribution is 2.34. The first-order chi connectivity index (χ1) is 20.1. The molecule has 0 fully saturated rings. The first-order valence-corrected chi connectivity index (χ1v) is 14.5. The Morgan fingerprint density at radius 3 is 1.98 bits per heavy atom. The third kappa shape index (κ3) is 3.62. The normalized spacial score (nSPS) is 14.8. The second kappa shape index (κ2) is 9.07. The molecule has 0 N–H and O–H groups in total. The van der Waals surface area contributed by atoms with Crippen molar-refractivity contribution >= 4 is 44.9 Å². The predicted octanol–water partition coefficient (Wildman–Crippen LogP) is 8.01. The van der Waals surface area contributed by atoms with E-state index in [2.05, 4.69) is 138 Å². The van der Waals surface area contributed by atoms with E-state index >= 15 is 0 Å². The molecule has 41 heavy (non-hydrogen) atoms. The van der Waals surface area contributed by atoms with Crippen LogP contribution in [0.4, 0.5) is 0 Å². The van der Waals surface area contributed by atoms with E-state index in [1.54, 1.807) is 0 Å². The number of para-hydroxylation sites is 2. The number of benzene rings is 4. The average molecular weight is 530 g/mol. The Bertz CT molecular complexity index is 2230. The summed E-state index contributed by atoms with van der Waals surface area (Å²) >= 11 is 0. The van der Waals surface area contributed by atoms with Gasteiger partial charge in [-0.15, -0.1) is 0 Å². The lowest BCUT2D eigenvalue weighted by atomic mass is 9.95. The highest BCUT2D eigenvalue weighted by molar-refractivity contribution is 6.08. The van der Waals surface area contributed by atoms with Crippen LogP contribution in [-0.2, 0) is 0 Å². The number of pyridine rings is 1. The lowest BCUT2D eigenvalue weighted by Crippen LogP contribution is -2.31. The van der Waals surface area contributed by atoms with Gasteiger partial charge in [-0.05, 0) is 90.9 Å². The molecule has 4 aromatic carbocycles. The van der Waals surface area contributed by atoms with Crippen molar-refractivity contribution in [3.05, 3.63) is 125 Å². The molecular formula is C38H31N3. The maximum atomic E-state index is 4.40. The lowest BCUT2D eigenvalue weighted by molar-refractivity contribution is 0.795. The summed E-state index contributed by atoms with van der Waals surface area (Å²) in [6.45, 7) is 6.77. The van der Waals surface area contributed by atoms with Gasteiger partial charge in [-0.2, -0.15) is 0 Å². The zero-order chi connectivity index (χ0) is 27.7. The summed E-state index contributed by atoms with van der Waals surface area (Å²) in [6, 6.07) is 33.3. The predicted molar refractivity (Wildman–Crippen MR) is 172 cm³/mol. The van der Waals surface area contributed by atoms with Gasteiger partial charge in [0.1, 0.15) is 0 Å². The summed E-state index contributed by atoms with van der Waals surface area (Å²) in [5.74, 6) is 0.566. The molecule has 3 nitrogen and oxygen atoms in total. The van der Waals surface area contributed by atoms with Crippen LogP contribution in [0.1, 0.15) is 24.5 Å². The Hall–Kier alpha value is -4.89. The number of fused-ring (bicyclic) bond motifs is 6. The molecule has 0 radical (unpaired) electrons. The molecule has 3 heterocycles. The Balaban J connectivity index is 1.25. The Labute approximate surface area is 239 Å². The number of aryl methyl sites for hydroxylation is 2. The molecule has 1 atom stereocenters. The fourth-order valence-corrected chi connectivity index (χ4v) is 6.86. The van der Waals surface area contributed by atoms with Crippen molar-refractivity contribution in [1.29, 1.82) is 0 Å². The number of aromatic nitrogens is 3. The number of rotatable bonds is 3. The minimum Gasteiger partial charge on any atom is -0.310 e. The van der Waals surface area contributed by atoms with Crippen molar-refractivity contribution in [2.45, 2.75) is 27.2 Å². The zero-order valence-corrected chi connectivity index (χ0v) is 23.6. The second-order valence-electron chi connectivity index (χ2n) is 11.5. The summed E-state index contributed by atoms with van der Waals surface area (Å²) in [5.41, 5.74) is 11.1. The molecule has 7 aromatic rings. The first kappa shape index (κ1) is 24.0. The SMILES string of the molecule is Cc1cc(-n2c3c(c4ccccc42)=CC(C)CC=3)ccc1-c1ccc(-n2c3ccccc3c3cnccc32)cc1C. The van der Waals surface area contributed by atoms with Crippen LogP contribution < -0.4 is 10.6 Å². The van der Waals surface area contributed by atoms with Crippen LogP contribution in [-0.4, -0.2) is 14.1 Å². The van der Waals surface area contributed by atoms with Gasteiger partial charge in [-0.1, -0.05) is 67.6 Å². The van der Waals surface area contributed by atoms with Gasteiger partial charge >= 0.3 is 0 Å². The molecule has 0 saturated heterocycles. The van der Waals surface area contributed by atoms with Crippen molar-refractivity contribution in [1.82, 2.24) is 14.1 Å². The summed E-state index contributed by atoms with van der Waals surface area (Å²) < 4.78 is 4.80. The van der Waals surface area contributed by atoms with E-state index < -0.39 is 0 Å². The quantitative estimate of drug-likeness (QED) is 0.227. The summed E-state index contributed by atoms with van der Waals surface area (Å²) in [5, 5.41) is 6.43. The Morgan fingerprint density at radius 1 is 0.659 bits per heavy atom. The van der Waals surface area contributed by atoms with Crippen molar-refractivity contribution in [2.24, 2.45) is 5.92 Å². The third-order valence-electron chi connectivity index (χ3n) is 8.79. The molecule has 0 amide bonds. The minimum absolute atomic E-state index is 0.566. The standard InChI is InChI=1S/C38H31N3/c1-24-12-17-37-33(20-24)31-8-4-6-10-35(31)40(37)27-13-15-29(25(2)21-27)30-16-14-28(22-26(30)3)41-36-11-7-5-9-32(36)34-23-39-19-18-38(34)41/h4-11,13-24H,12H2,1-3H3. The second-order valence-corrected chi connectivity index (χ2v) is 11.5. The largest absolute Gasteiger partial charge is 0.310 e. The fraction of sp³-hybridized carbons (Fsp3) is 0.132. The van der Waals surface area contributed by atoms with E-state index in [1.807, 2.05) is 12.4 Å². The summed E-state index contributed by atoms with van der Waals surface area (Å²) in [7, 11) is 0. The van der Waals surface area contributed by atoms with E-state index in [-0.39, 0.29) is 0 Å². The minimum atomic E-state index is 0.566. The zero-order valence-electron chi connectivity index (χ0n) is 23.6. The third-order valence-corrected chi connectivity index (χ3v) is 8.79. The highest BCUT2D eigenvalue weighted by atomic mass is 15.0. The number of nitrogens with zero attached hydrogens (tertiary/aromatic N) is 3. The average Bonchev–Trinajstić information content (AvgIpc) is 3.50. The molecule has 8 rings (SSSR count). The maximum absolute atomic E-state index is 4.40. The van der Waals surface area contributed by atoms with E-state index in [4.69, 9.17) is 0 Å². The van der Waals surface area contributed by atoms with Crippen LogP contribution in [0.25, 0.3) is 67.4 Å². The van der Waals surface area contributed by atoms with E-state index in [9.17, 15) is 0 Å². The Kier molecular flexibility index (Phi) is 5.30. The summed E-state index contributed by atoms with van der Waals surface area (Å²) in [6.07, 6.45) is 9.78. The van der Waals surface area contributed by atoms with Crippen LogP contribution >= 0.6 is 0 Å². The van der Waals surface area contributed by atoms with Crippen LogP contribution in [0.5, 0.6) is 0 Å². The molecule has 198 valence electrons. The van der Waals surface area contributed by atoms with Gasteiger partial charge in [0.25, 0.3) is 0 Å². The van der Waals surface area contributed by atoms with Crippen LogP contribution in [0.3, 0.4) is 0 Å². The highest BCUT2D eigenvalue weighted by Gasteiger charge is 2.16. The van der Waals surface area contributed by atoms with Crippen molar-refractivity contribution in [3.8, 4) is 22.5 Å². The molecule has 0 aliphatic heterocycles. The lowest BCUT2D eigenvalue weighted by Gasteiger charge is -2.16. The number of hydrogen-bond donors (Lipinski definition) is 0.